The van der Waals surface area contributed by atoms with Crippen LogP contribution < -0.4 is 15.6 Å². The largest absolute Gasteiger partial charge is 0.457 e. The van der Waals surface area contributed by atoms with Crippen molar-refractivity contribution in [1.29, 1.82) is 0 Å². The first kappa shape index (κ1) is 19.8. The van der Waals surface area contributed by atoms with Gasteiger partial charge in [-0.1, -0.05) is 18.2 Å². The van der Waals surface area contributed by atoms with Crippen molar-refractivity contribution in [2.75, 3.05) is 5.32 Å². The number of non-ortho nitro benzene ring substituents is 1. The van der Waals surface area contributed by atoms with Crippen molar-refractivity contribution < 1.29 is 14.5 Å². The van der Waals surface area contributed by atoms with E-state index in [1.165, 1.54) is 34.9 Å². The van der Waals surface area contributed by atoms with Crippen LogP contribution in [0, 0.1) is 10.1 Å². The van der Waals surface area contributed by atoms with E-state index in [9.17, 15) is 19.7 Å². The maximum Gasteiger partial charge on any atom is 0.270 e. The molecule has 0 spiro atoms. The van der Waals surface area contributed by atoms with Crippen molar-refractivity contribution >= 4 is 28.2 Å². The summed E-state index contributed by atoms with van der Waals surface area (Å²) in [5, 5.41) is 14.2. The van der Waals surface area contributed by atoms with Gasteiger partial charge < -0.3 is 10.1 Å². The summed E-state index contributed by atoms with van der Waals surface area (Å²) in [5.74, 6) is 0.926. The van der Waals surface area contributed by atoms with Gasteiger partial charge in [0.25, 0.3) is 11.2 Å². The number of hydrogen-bond donors (Lipinski definition) is 1. The minimum Gasteiger partial charge on any atom is -0.457 e. The third-order valence-electron chi connectivity index (χ3n) is 4.60. The molecule has 1 N–H and O–H groups in total. The number of nitrogens with zero attached hydrogens (tertiary/aromatic N) is 2. The van der Waals surface area contributed by atoms with Crippen LogP contribution in [0.3, 0.4) is 0 Å². The third kappa shape index (κ3) is 4.59. The van der Waals surface area contributed by atoms with Crippen LogP contribution in [0.4, 0.5) is 11.4 Å². The number of amides is 1. The van der Waals surface area contributed by atoms with E-state index in [0.29, 0.717) is 28.1 Å². The van der Waals surface area contributed by atoms with Crippen LogP contribution in [0.2, 0.25) is 0 Å². The van der Waals surface area contributed by atoms with E-state index < -0.39 is 10.8 Å². The minimum absolute atomic E-state index is 0.0834. The molecule has 1 heterocycles. The summed E-state index contributed by atoms with van der Waals surface area (Å²) in [6.07, 6.45) is 0. The maximum absolute atomic E-state index is 12.5. The number of nitrogens with one attached hydrogen (secondary N) is 1. The van der Waals surface area contributed by atoms with Crippen LogP contribution in [-0.2, 0) is 11.3 Å². The van der Waals surface area contributed by atoms with Crippen molar-refractivity contribution in [2.24, 2.45) is 0 Å². The molecule has 0 bridgehead atoms. The molecule has 0 radical (unpaired) electrons. The number of rotatable bonds is 6. The second-order valence-corrected chi connectivity index (χ2v) is 6.75. The van der Waals surface area contributed by atoms with E-state index in [-0.39, 0.29) is 17.8 Å². The van der Waals surface area contributed by atoms with Crippen LogP contribution in [0.5, 0.6) is 11.5 Å². The quantitative estimate of drug-likeness (QED) is 0.373. The van der Waals surface area contributed by atoms with E-state index in [1.54, 1.807) is 24.3 Å². The summed E-state index contributed by atoms with van der Waals surface area (Å²) >= 11 is 0. The Balaban J connectivity index is 1.48. The lowest BCUT2D eigenvalue weighted by Crippen LogP contribution is -2.27. The highest BCUT2D eigenvalue weighted by atomic mass is 16.6. The lowest BCUT2D eigenvalue weighted by atomic mass is 10.2. The lowest BCUT2D eigenvalue weighted by Gasteiger charge is -2.11. The Labute approximate surface area is 176 Å². The molecule has 0 unspecified atom stereocenters. The van der Waals surface area contributed by atoms with Gasteiger partial charge in [-0.25, -0.2) is 0 Å². The Hall–Kier alpha value is -4.46. The molecule has 0 aliphatic carbocycles. The first-order valence-electron chi connectivity index (χ1n) is 9.40. The Bertz CT molecular complexity index is 1310. The number of benzene rings is 3. The number of hydrogen-bond acceptors (Lipinski definition) is 5. The zero-order chi connectivity index (χ0) is 21.8. The van der Waals surface area contributed by atoms with Crippen LogP contribution in [0.25, 0.3) is 10.9 Å². The summed E-state index contributed by atoms with van der Waals surface area (Å²) in [4.78, 5) is 35.3. The smallest absolute Gasteiger partial charge is 0.270 e. The first-order chi connectivity index (χ1) is 15.0. The summed E-state index contributed by atoms with van der Waals surface area (Å²) in [5.41, 5.74) is 0.539. The van der Waals surface area contributed by atoms with Crippen molar-refractivity contribution in [3.05, 3.63) is 105 Å². The molecule has 0 aliphatic rings. The van der Waals surface area contributed by atoms with Crippen LogP contribution >= 0.6 is 0 Å². The molecule has 31 heavy (non-hydrogen) atoms. The van der Waals surface area contributed by atoms with Crippen LogP contribution in [0.1, 0.15) is 0 Å². The minimum atomic E-state index is -0.507. The van der Waals surface area contributed by atoms with E-state index in [1.807, 2.05) is 30.3 Å². The molecule has 0 aliphatic heterocycles. The average molecular weight is 415 g/mol. The zero-order valence-corrected chi connectivity index (χ0v) is 16.2. The van der Waals surface area contributed by atoms with Gasteiger partial charge in [-0.05, 0) is 48.5 Å². The summed E-state index contributed by atoms with van der Waals surface area (Å²) in [7, 11) is 0. The second-order valence-electron chi connectivity index (χ2n) is 6.75. The number of aromatic nitrogens is 1. The number of carbonyl (C=O) groups is 1. The number of carbonyl (C=O) groups excluding carboxylic acids is 1. The van der Waals surface area contributed by atoms with Gasteiger partial charge in [-0.2, -0.15) is 0 Å². The molecule has 0 atom stereocenters. The van der Waals surface area contributed by atoms with Crippen molar-refractivity contribution in [3.8, 4) is 11.5 Å². The van der Waals surface area contributed by atoms with E-state index in [2.05, 4.69) is 5.32 Å². The SMILES string of the molecule is O=C(Cn1c(=O)ccc2cc([N+](=O)[O-])ccc21)Nc1ccc(Oc2ccccc2)cc1. The fraction of sp³-hybridized carbons (Fsp3) is 0.0435. The van der Waals surface area contributed by atoms with Crippen molar-refractivity contribution in [1.82, 2.24) is 4.57 Å². The topological polar surface area (TPSA) is 103 Å². The predicted octanol–water partition coefficient (Wildman–Crippen LogP) is 4.34. The van der Waals surface area contributed by atoms with Crippen LogP contribution in [-0.4, -0.2) is 15.4 Å². The highest BCUT2D eigenvalue weighted by Crippen LogP contribution is 2.23. The number of pyridine rings is 1. The molecular weight excluding hydrogens is 398 g/mol. The maximum atomic E-state index is 12.5. The highest BCUT2D eigenvalue weighted by Gasteiger charge is 2.12. The van der Waals surface area contributed by atoms with Gasteiger partial charge in [0.2, 0.25) is 5.91 Å². The molecule has 8 heteroatoms. The number of fused-ring (bicyclic) bond motifs is 1. The van der Waals surface area contributed by atoms with E-state index >= 15 is 0 Å². The predicted molar refractivity (Wildman–Crippen MR) is 116 cm³/mol. The fourth-order valence-corrected chi connectivity index (χ4v) is 3.14. The molecule has 4 aromatic rings. The molecule has 4 rings (SSSR count). The van der Waals surface area contributed by atoms with Crippen LogP contribution in [0.15, 0.2) is 89.7 Å². The zero-order valence-electron chi connectivity index (χ0n) is 16.2. The number of para-hydroxylation sites is 1. The molecule has 8 nitrogen and oxygen atoms in total. The number of anilines is 1. The van der Waals surface area contributed by atoms with Gasteiger partial charge in [0.05, 0.1) is 10.4 Å². The number of nitro benzene ring substituents is 1. The Morgan fingerprint density at radius 1 is 0.935 bits per heavy atom. The Morgan fingerprint density at radius 2 is 1.65 bits per heavy atom. The highest BCUT2D eigenvalue weighted by molar-refractivity contribution is 5.92. The monoisotopic (exact) mass is 415 g/mol. The Kier molecular flexibility index (Phi) is 5.44. The first-order valence-corrected chi connectivity index (χ1v) is 9.40. The standard InChI is InChI=1S/C23H17N3O5/c27-22(24-17-7-10-20(11-8-17)31-19-4-2-1-3-5-19)15-25-21-12-9-18(26(29)30)14-16(21)6-13-23(25)28/h1-14H,15H2,(H,24,27). The Morgan fingerprint density at radius 3 is 2.35 bits per heavy atom. The molecule has 0 saturated carbocycles. The summed E-state index contributed by atoms with van der Waals surface area (Å²) in [6, 6.07) is 23.1. The molecule has 1 aromatic heterocycles. The molecule has 0 saturated heterocycles. The van der Waals surface area contributed by atoms with E-state index in [4.69, 9.17) is 4.74 Å². The average Bonchev–Trinajstić information content (AvgIpc) is 2.77. The van der Waals surface area contributed by atoms with Crippen molar-refractivity contribution in [3.63, 3.8) is 0 Å². The number of nitro groups is 1. The van der Waals surface area contributed by atoms with Gasteiger partial charge in [-0.3, -0.25) is 24.3 Å². The molecule has 3 aromatic carbocycles. The third-order valence-corrected chi connectivity index (χ3v) is 4.60. The normalized spacial score (nSPS) is 10.6. The molecule has 154 valence electrons. The van der Waals surface area contributed by atoms with Gasteiger partial charge in [0, 0.05) is 29.3 Å². The molecular formula is C23H17N3O5. The second kappa shape index (κ2) is 8.50. The van der Waals surface area contributed by atoms with Gasteiger partial charge in [-0.15, -0.1) is 0 Å². The summed E-state index contributed by atoms with van der Waals surface area (Å²) < 4.78 is 7.00. The fourth-order valence-electron chi connectivity index (χ4n) is 3.14. The molecule has 0 fully saturated rings. The van der Waals surface area contributed by atoms with Gasteiger partial charge in [0.15, 0.2) is 0 Å². The molecule has 1 amide bonds. The lowest BCUT2D eigenvalue weighted by molar-refractivity contribution is -0.384. The summed E-state index contributed by atoms with van der Waals surface area (Å²) in [6.45, 7) is -0.226. The van der Waals surface area contributed by atoms with Crippen molar-refractivity contribution in [2.45, 2.75) is 6.54 Å². The van der Waals surface area contributed by atoms with E-state index in [0.717, 1.165) is 0 Å². The van der Waals surface area contributed by atoms with Gasteiger partial charge in [0.1, 0.15) is 18.0 Å². The number of ether oxygens (including phenoxy) is 1. The van der Waals surface area contributed by atoms with Gasteiger partial charge >= 0.3 is 0 Å².